The number of unbranched alkanes of at least 4 members (excludes halogenated alkanes) is 1. The summed E-state index contributed by atoms with van der Waals surface area (Å²) < 4.78 is 39.5. The molecule has 0 spiro atoms. The van der Waals surface area contributed by atoms with Gasteiger partial charge in [-0.05, 0) is 49.2 Å². The highest BCUT2D eigenvalue weighted by atomic mass is 35.5. The van der Waals surface area contributed by atoms with E-state index in [9.17, 15) is 22.4 Å². The normalized spacial score (nSPS) is 12.2. The molecule has 7 nitrogen and oxygen atoms in total. The highest BCUT2D eigenvalue weighted by Crippen LogP contribution is 2.24. The molecule has 0 bridgehead atoms. The van der Waals surface area contributed by atoms with Crippen LogP contribution in [-0.4, -0.2) is 50.5 Å². The molecule has 0 saturated carbocycles. The Balaban J connectivity index is 2.38. The molecule has 34 heavy (non-hydrogen) atoms. The van der Waals surface area contributed by atoms with E-state index in [4.69, 9.17) is 23.2 Å². The SMILES string of the molecule is CCCCNC(=O)C(C)N(Cc1ccc(Cl)cc1Cl)C(=O)CN(c1cccc(F)c1)S(C)(=O)=O. The van der Waals surface area contributed by atoms with E-state index in [2.05, 4.69) is 5.32 Å². The van der Waals surface area contributed by atoms with Gasteiger partial charge < -0.3 is 10.2 Å². The monoisotopic (exact) mass is 531 g/mol. The fourth-order valence-electron chi connectivity index (χ4n) is 3.20. The van der Waals surface area contributed by atoms with Crippen molar-refractivity contribution >= 4 is 50.7 Å². The van der Waals surface area contributed by atoms with Gasteiger partial charge >= 0.3 is 0 Å². The van der Waals surface area contributed by atoms with E-state index in [-0.39, 0.29) is 18.1 Å². The van der Waals surface area contributed by atoms with Gasteiger partial charge in [-0.15, -0.1) is 0 Å². The van der Waals surface area contributed by atoms with Gasteiger partial charge in [0.05, 0.1) is 11.9 Å². The number of halogens is 3. The van der Waals surface area contributed by atoms with Crippen LogP contribution in [0.25, 0.3) is 0 Å². The van der Waals surface area contributed by atoms with Gasteiger partial charge in [-0.3, -0.25) is 13.9 Å². The number of amides is 2. The lowest BCUT2D eigenvalue weighted by Crippen LogP contribution is -2.51. The van der Waals surface area contributed by atoms with Gasteiger partial charge in [0.15, 0.2) is 0 Å². The topological polar surface area (TPSA) is 86.8 Å². The Morgan fingerprint density at radius 1 is 1.15 bits per heavy atom. The van der Waals surface area contributed by atoms with E-state index in [0.29, 0.717) is 22.2 Å². The molecule has 0 heterocycles. The largest absolute Gasteiger partial charge is 0.354 e. The predicted octanol–water partition coefficient (Wildman–Crippen LogP) is 4.23. The second-order valence-corrected chi connectivity index (χ2v) is 10.6. The number of anilines is 1. The van der Waals surface area contributed by atoms with Crippen molar-refractivity contribution in [2.75, 3.05) is 23.7 Å². The van der Waals surface area contributed by atoms with Crippen molar-refractivity contribution < 1.29 is 22.4 Å². The van der Waals surface area contributed by atoms with Gasteiger partial charge in [0.1, 0.15) is 18.4 Å². The lowest BCUT2D eigenvalue weighted by molar-refractivity contribution is -0.139. The second-order valence-electron chi connectivity index (χ2n) is 7.83. The number of hydrogen-bond acceptors (Lipinski definition) is 4. The van der Waals surface area contributed by atoms with E-state index >= 15 is 0 Å². The average Bonchev–Trinajstić information content (AvgIpc) is 2.75. The summed E-state index contributed by atoms with van der Waals surface area (Å²) in [7, 11) is -3.94. The summed E-state index contributed by atoms with van der Waals surface area (Å²) in [5.74, 6) is -1.69. The van der Waals surface area contributed by atoms with E-state index < -0.39 is 34.3 Å². The predicted molar refractivity (Wildman–Crippen MR) is 133 cm³/mol. The van der Waals surface area contributed by atoms with E-state index in [1.165, 1.54) is 29.2 Å². The molecule has 11 heteroatoms. The summed E-state index contributed by atoms with van der Waals surface area (Å²) in [5, 5.41) is 3.49. The second kappa shape index (κ2) is 12.4. The average molecular weight is 532 g/mol. The quantitative estimate of drug-likeness (QED) is 0.439. The van der Waals surface area contributed by atoms with E-state index in [1.54, 1.807) is 19.1 Å². The number of benzene rings is 2. The Bertz CT molecular complexity index is 1130. The van der Waals surface area contributed by atoms with Gasteiger partial charge in [-0.25, -0.2) is 12.8 Å². The molecule has 0 saturated heterocycles. The Hall–Kier alpha value is -2.36. The number of rotatable bonds is 11. The van der Waals surface area contributed by atoms with Crippen LogP contribution >= 0.6 is 23.2 Å². The maximum absolute atomic E-state index is 13.8. The standard InChI is InChI=1S/C23H28Cl2FN3O4S/c1-4-5-11-27-23(31)16(2)28(14-17-9-10-18(24)12-21(17)25)22(30)15-29(34(3,32)33)20-8-6-7-19(26)13-20/h6-10,12-13,16H,4-5,11,14-15H2,1-3H3,(H,27,31). The van der Waals surface area contributed by atoms with Crippen LogP contribution in [0.15, 0.2) is 42.5 Å². The Morgan fingerprint density at radius 3 is 2.44 bits per heavy atom. The van der Waals surface area contributed by atoms with Crippen LogP contribution in [0.3, 0.4) is 0 Å². The summed E-state index contributed by atoms with van der Waals surface area (Å²) in [5.41, 5.74) is 0.532. The zero-order chi connectivity index (χ0) is 25.5. The molecule has 0 aliphatic heterocycles. The van der Waals surface area contributed by atoms with Gasteiger partial charge in [0, 0.05) is 23.1 Å². The molecular weight excluding hydrogens is 504 g/mol. The Kier molecular flexibility index (Phi) is 10.1. The molecule has 2 aromatic carbocycles. The van der Waals surface area contributed by atoms with Crippen molar-refractivity contribution in [1.29, 1.82) is 0 Å². The smallest absolute Gasteiger partial charge is 0.244 e. The number of nitrogens with one attached hydrogen (secondary N) is 1. The number of nitrogens with zero attached hydrogens (tertiary/aromatic N) is 2. The molecule has 0 aromatic heterocycles. The van der Waals surface area contributed by atoms with Crippen LogP contribution < -0.4 is 9.62 Å². The molecule has 2 rings (SSSR count). The van der Waals surface area contributed by atoms with Crippen LogP contribution in [0.1, 0.15) is 32.3 Å². The van der Waals surface area contributed by atoms with Crippen LogP contribution in [0, 0.1) is 5.82 Å². The summed E-state index contributed by atoms with van der Waals surface area (Å²) in [4.78, 5) is 27.4. The molecule has 0 aliphatic carbocycles. The van der Waals surface area contributed by atoms with Crippen molar-refractivity contribution in [3.63, 3.8) is 0 Å². The minimum absolute atomic E-state index is 0.000348. The minimum atomic E-state index is -3.94. The molecule has 1 atom stereocenters. The third-order valence-electron chi connectivity index (χ3n) is 5.13. The van der Waals surface area contributed by atoms with Crippen LogP contribution in [0.5, 0.6) is 0 Å². The first kappa shape index (κ1) is 27.9. The lowest BCUT2D eigenvalue weighted by Gasteiger charge is -2.31. The van der Waals surface area contributed by atoms with Crippen molar-refractivity contribution in [2.45, 2.75) is 39.3 Å². The molecule has 2 aromatic rings. The summed E-state index contributed by atoms with van der Waals surface area (Å²) >= 11 is 12.3. The van der Waals surface area contributed by atoms with Gasteiger partial charge in [0.2, 0.25) is 21.8 Å². The molecule has 1 unspecified atom stereocenters. The third-order valence-corrected chi connectivity index (χ3v) is 6.86. The van der Waals surface area contributed by atoms with Crippen molar-refractivity contribution in [2.24, 2.45) is 0 Å². The minimum Gasteiger partial charge on any atom is -0.354 e. The van der Waals surface area contributed by atoms with Crippen LogP contribution in [0.2, 0.25) is 10.0 Å². The first-order chi connectivity index (χ1) is 15.9. The zero-order valence-electron chi connectivity index (χ0n) is 19.2. The zero-order valence-corrected chi connectivity index (χ0v) is 21.6. The highest BCUT2D eigenvalue weighted by Gasteiger charge is 2.30. The number of hydrogen-bond donors (Lipinski definition) is 1. The number of carbonyl (C=O) groups excluding carboxylic acids is 2. The van der Waals surface area contributed by atoms with Gasteiger partial charge in [-0.2, -0.15) is 0 Å². The Labute approximate surface area is 209 Å². The number of sulfonamides is 1. The van der Waals surface area contributed by atoms with Crippen LogP contribution in [-0.2, 0) is 26.2 Å². The van der Waals surface area contributed by atoms with Crippen molar-refractivity contribution in [3.05, 3.63) is 63.9 Å². The Morgan fingerprint density at radius 2 is 1.85 bits per heavy atom. The lowest BCUT2D eigenvalue weighted by atomic mass is 10.1. The molecule has 1 N–H and O–H groups in total. The van der Waals surface area contributed by atoms with Crippen LogP contribution in [0.4, 0.5) is 10.1 Å². The maximum atomic E-state index is 13.8. The molecule has 0 radical (unpaired) electrons. The van der Waals surface area contributed by atoms with Gasteiger partial charge in [-0.1, -0.05) is 48.7 Å². The summed E-state index contributed by atoms with van der Waals surface area (Å²) in [6.45, 7) is 3.30. The molecular formula is C23H28Cl2FN3O4S. The summed E-state index contributed by atoms with van der Waals surface area (Å²) in [6, 6.07) is 8.76. The number of carbonyl (C=O) groups is 2. The first-order valence-electron chi connectivity index (χ1n) is 10.7. The molecule has 2 amide bonds. The first-order valence-corrected chi connectivity index (χ1v) is 13.3. The molecule has 0 aliphatic rings. The third kappa shape index (κ3) is 7.85. The van der Waals surface area contributed by atoms with E-state index in [1.807, 2.05) is 6.92 Å². The van der Waals surface area contributed by atoms with Crippen molar-refractivity contribution in [1.82, 2.24) is 10.2 Å². The van der Waals surface area contributed by atoms with Gasteiger partial charge in [0.25, 0.3) is 0 Å². The highest BCUT2D eigenvalue weighted by molar-refractivity contribution is 7.92. The fraction of sp³-hybridized carbons (Fsp3) is 0.391. The fourth-order valence-corrected chi connectivity index (χ4v) is 4.51. The molecule has 186 valence electrons. The van der Waals surface area contributed by atoms with Crippen molar-refractivity contribution in [3.8, 4) is 0 Å². The maximum Gasteiger partial charge on any atom is 0.244 e. The summed E-state index contributed by atoms with van der Waals surface area (Å²) in [6.07, 6.45) is 2.58. The molecule has 0 fully saturated rings. The van der Waals surface area contributed by atoms with E-state index in [0.717, 1.165) is 29.5 Å².